The predicted octanol–water partition coefficient (Wildman–Crippen LogP) is 4.06. The highest BCUT2D eigenvalue weighted by Gasteiger charge is 2.39. The van der Waals surface area contributed by atoms with Gasteiger partial charge in [0.2, 0.25) is 0 Å². The third kappa shape index (κ3) is 4.27. The molecule has 3 aromatic carbocycles. The number of carbonyl (C=O) groups excluding carboxylic acids is 6. The number of hydrogen-bond acceptors (Lipinski definition) is 10. The SMILES string of the molecule is O=C(OC1(OC(=O)c2ccc3c(c2)C(=O)OC3=O)C=CC(c2ccccc2)=CC1)c1ccc2c(c1)C(=O)OC2=O. The van der Waals surface area contributed by atoms with Crippen LogP contribution >= 0.6 is 0 Å². The van der Waals surface area contributed by atoms with Crippen LogP contribution in [0.4, 0.5) is 0 Å². The average Bonchev–Trinajstić information content (AvgIpc) is 3.41. The van der Waals surface area contributed by atoms with Crippen LogP contribution in [-0.2, 0) is 18.9 Å². The van der Waals surface area contributed by atoms with E-state index in [2.05, 4.69) is 9.47 Å². The lowest BCUT2D eigenvalue weighted by atomic mass is 9.96. The monoisotopic (exact) mass is 536 g/mol. The summed E-state index contributed by atoms with van der Waals surface area (Å²) in [7, 11) is 0. The molecule has 0 radical (unpaired) electrons. The average molecular weight is 536 g/mol. The maximum atomic E-state index is 13.2. The summed E-state index contributed by atoms with van der Waals surface area (Å²) >= 11 is 0. The Morgan fingerprint density at radius 3 is 1.62 bits per heavy atom. The van der Waals surface area contributed by atoms with Crippen molar-refractivity contribution in [1.82, 2.24) is 0 Å². The van der Waals surface area contributed by atoms with Crippen LogP contribution in [0.5, 0.6) is 0 Å². The second kappa shape index (κ2) is 9.28. The molecule has 1 aliphatic carbocycles. The van der Waals surface area contributed by atoms with Gasteiger partial charge >= 0.3 is 35.8 Å². The van der Waals surface area contributed by atoms with Crippen LogP contribution < -0.4 is 0 Å². The van der Waals surface area contributed by atoms with Crippen LogP contribution in [0.2, 0.25) is 0 Å². The Labute approximate surface area is 225 Å². The number of cyclic esters (lactones) is 4. The van der Waals surface area contributed by atoms with E-state index in [9.17, 15) is 28.8 Å². The van der Waals surface area contributed by atoms with Crippen molar-refractivity contribution in [2.45, 2.75) is 12.2 Å². The zero-order valence-corrected chi connectivity index (χ0v) is 20.4. The fourth-order valence-corrected chi connectivity index (χ4v) is 4.48. The first-order chi connectivity index (χ1) is 19.2. The standard InChI is InChI=1S/C30H16O10/c31-24(18-6-8-20-22(14-18)28(35)37-26(20)33)39-30(12-10-17(11-13-30)16-4-2-1-3-5-16)40-25(32)19-7-9-21-23(15-19)29(36)38-27(21)34/h1-12,14-15H,13H2. The van der Waals surface area contributed by atoms with Gasteiger partial charge in [-0.3, -0.25) is 0 Å². The molecule has 0 fully saturated rings. The molecule has 0 aromatic heterocycles. The van der Waals surface area contributed by atoms with Gasteiger partial charge in [-0.05, 0) is 47.5 Å². The van der Waals surface area contributed by atoms with Crippen LogP contribution in [-0.4, -0.2) is 41.6 Å². The van der Waals surface area contributed by atoms with Gasteiger partial charge in [0.05, 0.1) is 33.4 Å². The Morgan fingerprint density at radius 1 is 0.650 bits per heavy atom. The molecule has 40 heavy (non-hydrogen) atoms. The topological polar surface area (TPSA) is 139 Å². The molecule has 10 heteroatoms. The maximum absolute atomic E-state index is 13.2. The number of hydrogen-bond donors (Lipinski definition) is 0. The van der Waals surface area contributed by atoms with Gasteiger partial charge in [-0.2, -0.15) is 0 Å². The van der Waals surface area contributed by atoms with Gasteiger partial charge in [-0.25, -0.2) is 28.8 Å². The molecule has 2 heterocycles. The van der Waals surface area contributed by atoms with Crippen molar-refractivity contribution >= 4 is 41.4 Å². The molecule has 2 aliphatic heterocycles. The minimum atomic E-state index is -1.91. The number of allylic oxidation sites excluding steroid dienone is 2. The molecule has 3 aromatic rings. The summed E-state index contributed by atoms with van der Waals surface area (Å²) < 4.78 is 20.5. The number of benzene rings is 3. The van der Waals surface area contributed by atoms with Crippen molar-refractivity contribution in [3.05, 3.63) is 124 Å². The van der Waals surface area contributed by atoms with E-state index in [1.165, 1.54) is 42.5 Å². The van der Waals surface area contributed by atoms with E-state index in [-0.39, 0.29) is 39.8 Å². The molecule has 0 unspecified atom stereocenters. The highest BCUT2D eigenvalue weighted by molar-refractivity contribution is 6.16. The molecule has 0 atom stereocenters. The first kappa shape index (κ1) is 24.7. The van der Waals surface area contributed by atoms with E-state index in [4.69, 9.17) is 9.47 Å². The number of ether oxygens (including phenoxy) is 4. The molecule has 0 spiro atoms. The zero-order chi connectivity index (χ0) is 28.0. The second-order valence-electron chi connectivity index (χ2n) is 9.03. The number of rotatable bonds is 5. The molecule has 0 N–H and O–H groups in total. The largest absolute Gasteiger partial charge is 0.415 e. The van der Waals surface area contributed by atoms with Crippen LogP contribution in [0.1, 0.15) is 74.1 Å². The van der Waals surface area contributed by atoms with Gasteiger partial charge in [0.25, 0.3) is 5.79 Å². The van der Waals surface area contributed by atoms with Gasteiger partial charge in [0.1, 0.15) is 0 Å². The molecule has 0 amide bonds. The molecule has 0 bridgehead atoms. The van der Waals surface area contributed by atoms with Crippen LogP contribution in [0.25, 0.3) is 5.57 Å². The van der Waals surface area contributed by atoms with Gasteiger partial charge in [0, 0.05) is 12.5 Å². The van der Waals surface area contributed by atoms with Crippen LogP contribution in [0, 0.1) is 0 Å². The molecule has 196 valence electrons. The second-order valence-corrected chi connectivity index (χ2v) is 9.03. The van der Waals surface area contributed by atoms with Gasteiger partial charge in [0.15, 0.2) is 0 Å². The lowest BCUT2D eigenvalue weighted by molar-refractivity contribution is -0.133. The number of esters is 6. The summed E-state index contributed by atoms with van der Waals surface area (Å²) in [5, 5.41) is 0. The van der Waals surface area contributed by atoms with E-state index in [0.29, 0.717) is 0 Å². The van der Waals surface area contributed by atoms with Crippen molar-refractivity contribution in [1.29, 1.82) is 0 Å². The quantitative estimate of drug-likeness (QED) is 0.203. The molecule has 3 aliphatic rings. The van der Waals surface area contributed by atoms with E-state index in [1.807, 2.05) is 30.3 Å². The van der Waals surface area contributed by atoms with E-state index >= 15 is 0 Å². The molecule has 0 saturated carbocycles. The van der Waals surface area contributed by atoms with Crippen molar-refractivity contribution in [2.24, 2.45) is 0 Å². The molecule has 0 saturated heterocycles. The lowest BCUT2D eigenvalue weighted by Gasteiger charge is -2.31. The van der Waals surface area contributed by atoms with E-state index in [1.54, 1.807) is 12.2 Å². The molecule has 10 nitrogen and oxygen atoms in total. The van der Waals surface area contributed by atoms with E-state index in [0.717, 1.165) is 11.1 Å². The lowest BCUT2D eigenvalue weighted by Crippen LogP contribution is -2.39. The fraction of sp³-hybridized carbons (Fsp3) is 0.0667. The summed E-state index contributed by atoms with van der Waals surface area (Å²) in [6.07, 6.45) is 4.72. The fourth-order valence-electron chi connectivity index (χ4n) is 4.48. The highest BCUT2D eigenvalue weighted by Crippen LogP contribution is 2.33. The summed E-state index contributed by atoms with van der Waals surface area (Å²) in [4.78, 5) is 73.9. The Bertz CT molecular complexity index is 1640. The predicted molar refractivity (Wildman–Crippen MR) is 134 cm³/mol. The molecular weight excluding hydrogens is 520 g/mol. The Kier molecular flexibility index (Phi) is 5.73. The zero-order valence-electron chi connectivity index (χ0n) is 20.4. The first-order valence-electron chi connectivity index (χ1n) is 12.0. The molecule has 6 rings (SSSR count). The van der Waals surface area contributed by atoms with Crippen molar-refractivity contribution in [2.75, 3.05) is 0 Å². The Morgan fingerprint density at radius 2 is 1.15 bits per heavy atom. The maximum Gasteiger partial charge on any atom is 0.346 e. The number of carbonyl (C=O) groups is 6. The highest BCUT2D eigenvalue weighted by atomic mass is 16.7. The first-order valence-corrected chi connectivity index (χ1v) is 12.0. The van der Waals surface area contributed by atoms with Gasteiger partial charge in [-0.15, -0.1) is 0 Å². The summed E-state index contributed by atoms with van der Waals surface area (Å²) in [6, 6.07) is 16.8. The summed E-state index contributed by atoms with van der Waals surface area (Å²) in [5.74, 6) is -7.20. The van der Waals surface area contributed by atoms with E-state index < -0.39 is 41.6 Å². The smallest absolute Gasteiger partial charge is 0.346 e. The van der Waals surface area contributed by atoms with Crippen LogP contribution in [0.15, 0.2) is 85.0 Å². The minimum Gasteiger partial charge on any atom is -0.415 e. The summed E-state index contributed by atoms with van der Waals surface area (Å²) in [5.41, 5.74) is 1.38. The third-order valence-corrected chi connectivity index (χ3v) is 6.52. The van der Waals surface area contributed by atoms with Gasteiger partial charge < -0.3 is 18.9 Å². The Hall–Kier alpha value is -5.64. The minimum absolute atomic E-state index is 0.0179. The van der Waals surface area contributed by atoms with Gasteiger partial charge in [-0.1, -0.05) is 42.5 Å². The summed E-state index contributed by atoms with van der Waals surface area (Å²) in [6.45, 7) is 0. The van der Waals surface area contributed by atoms with Crippen molar-refractivity contribution in [3.8, 4) is 0 Å². The van der Waals surface area contributed by atoms with Crippen molar-refractivity contribution in [3.63, 3.8) is 0 Å². The Balaban J connectivity index is 1.31. The van der Waals surface area contributed by atoms with Crippen molar-refractivity contribution < 1.29 is 47.7 Å². The third-order valence-electron chi connectivity index (χ3n) is 6.52. The normalized spacial score (nSPS) is 16.4. The van der Waals surface area contributed by atoms with Crippen LogP contribution in [0.3, 0.4) is 0 Å². The number of fused-ring (bicyclic) bond motifs is 2. The molecular formula is C30H16O10.